The van der Waals surface area contributed by atoms with E-state index in [-0.39, 0.29) is 11.8 Å². The third-order valence-electron chi connectivity index (χ3n) is 5.30. The van der Waals surface area contributed by atoms with Crippen molar-refractivity contribution in [3.8, 4) is 11.8 Å². The highest BCUT2D eigenvalue weighted by molar-refractivity contribution is 5.18. The fourth-order valence-corrected chi connectivity index (χ4v) is 4.32. The van der Waals surface area contributed by atoms with Crippen molar-refractivity contribution < 1.29 is 14.9 Å². The summed E-state index contributed by atoms with van der Waals surface area (Å²) in [4.78, 5) is 10.1. The first kappa shape index (κ1) is 16.3. The molecule has 1 aliphatic heterocycles. The van der Waals surface area contributed by atoms with Gasteiger partial charge in [-0.05, 0) is 30.2 Å². The molecule has 1 saturated heterocycles. The highest BCUT2D eigenvalue weighted by Crippen LogP contribution is 2.45. The summed E-state index contributed by atoms with van der Waals surface area (Å²) < 4.78 is 5.59. The van der Waals surface area contributed by atoms with E-state index in [0.29, 0.717) is 18.6 Å². The number of aliphatic hydroxyl groups is 1. The van der Waals surface area contributed by atoms with Gasteiger partial charge in [-0.25, -0.2) is 0 Å². The minimum Gasteiger partial charge on any atom is -0.505 e. The van der Waals surface area contributed by atoms with Gasteiger partial charge >= 0.3 is 6.01 Å². The van der Waals surface area contributed by atoms with E-state index in [0.717, 1.165) is 32.4 Å². The van der Waals surface area contributed by atoms with Gasteiger partial charge in [-0.15, -0.1) is 0 Å². The van der Waals surface area contributed by atoms with E-state index < -0.39 is 5.60 Å². The summed E-state index contributed by atoms with van der Waals surface area (Å²) >= 11 is 0. The van der Waals surface area contributed by atoms with Gasteiger partial charge in [-0.2, -0.15) is 9.97 Å². The Morgan fingerprint density at radius 2 is 1.72 bits per heavy atom. The SMILES string of the molecule is Oc1cnc(OCN2C[C@@H]3CC(O)(Cc4ccccc4)C[C@@H]3C2)nc1. The molecule has 0 bridgehead atoms. The Morgan fingerprint density at radius 1 is 1.08 bits per heavy atom. The molecule has 2 aromatic rings. The monoisotopic (exact) mass is 341 g/mol. The van der Waals surface area contributed by atoms with Crippen LogP contribution in [-0.4, -0.2) is 50.5 Å². The van der Waals surface area contributed by atoms with Crippen molar-refractivity contribution in [3.63, 3.8) is 0 Å². The van der Waals surface area contributed by atoms with E-state index in [9.17, 15) is 10.2 Å². The Labute approximate surface area is 147 Å². The van der Waals surface area contributed by atoms with E-state index >= 15 is 0 Å². The largest absolute Gasteiger partial charge is 0.505 e. The first-order valence-corrected chi connectivity index (χ1v) is 8.72. The highest BCUT2D eigenvalue weighted by atomic mass is 16.5. The summed E-state index contributed by atoms with van der Waals surface area (Å²) in [5.41, 5.74) is 0.624. The predicted molar refractivity (Wildman–Crippen MR) is 92.1 cm³/mol. The summed E-state index contributed by atoms with van der Waals surface area (Å²) in [6.07, 6.45) is 5.08. The molecule has 132 valence electrons. The summed E-state index contributed by atoms with van der Waals surface area (Å²) in [5, 5.41) is 20.2. The maximum Gasteiger partial charge on any atom is 0.317 e. The van der Waals surface area contributed by atoms with E-state index in [1.54, 1.807) is 0 Å². The molecule has 6 nitrogen and oxygen atoms in total. The van der Waals surface area contributed by atoms with Crippen LogP contribution in [0.15, 0.2) is 42.7 Å². The number of ether oxygens (including phenoxy) is 1. The second-order valence-electron chi connectivity index (χ2n) is 7.35. The Kier molecular flexibility index (Phi) is 4.31. The van der Waals surface area contributed by atoms with Crippen LogP contribution in [0.4, 0.5) is 0 Å². The molecule has 0 radical (unpaired) electrons. The molecule has 2 N–H and O–H groups in total. The van der Waals surface area contributed by atoms with Crippen molar-refractivity contribution in [2.24, 2.45) is 11.8 Å². The maximum atomic E-state index is 11.0. The van der Waals surface area contributed by atoms with E-state index in [2.05, 4.69) is 27.0 Å². The van der Waals surface area contributed by atoms with Crippen molar-refractivity contribution >= 4 is 0 Å². The van der Waals surface area contributed by atoms with Crippen molar-refractivity contribution in [3.05, 3.63) is 48.3 Å². The van der Waals surface area contributed by atoms with Gasteiger partial charge in [0.05, 0.1) is 18.0 Å². The smallest absolute Gasteiger partial charge is 0.317 e. The third kappa shape index (κ3) is 3.75. The minimum absolute atomic E-state index is 0.0285. The second kappa shape index (κ2) is 6.61. The van der Waals surface area contributed by atoms with Crippen molar-refractivity contribution in [1.82, 2.24) is 14.9 Å². The molecule has 1 saturated carbocycles. The van der Waals surface area contributed by atoms with Crippen LogP contribution in [0, 0.1) is 11.8 Å². The van der Waals surface area contributed by atoms with E-state index in [1.165, 1.54) is 18.0 Å². The number of hydrogen-bond donors (Lipinski definition) is 2. The fourth-order valence-electron chi connectivity index (χ4n) is 4.32. The number of aromatic nitrogens is 2. The van der Waals surface area contributed by atoms with Crippen LogP contribution in [-0.2, 0) is 6.42 Å². The number of likely N-dealkylation sites (tertiary alicyclic amines) is 1. The molecule has 1 aliphatic carbocycles. The molecular formula is C19H23N3O3. The number of benzene rings is 1. The Balaban J connectivity index is 1.29. The zero-order valence-electron chi connectivity index (χ0n) is 14.1. The van der Waals surface area contributed by atoms with Gasteiger partial charge in [0.25, 0.3) is 0 Å². The number of rotatable bonds is 5. The second-order valence-corrected chi connectivity index (χ2v) is 7.35. The Bertz CT molecular complexity index is 694. The number of aromatic hydroxyl groups is 1. The van der Waals surface area contributed by atoms with Gasteiger partial charge in [-0.3, -0.25) is 4.90 Å². The van der Waals surface area contributed by atoms with Crippen LogP contribution in [0.25, 0.3) is 0 Å². The summed E-state index contributed by atoms with van der Waals surface area (Å²) in [5.74, 6) is 1.05. The third-order valence-corrected chi connectivity index (χ3v) is 5.30. The molecule has 1 aromatic heterocycles. The van der Waals surface area contributed by atoms with Gasteiger partial charge in [0, 0.05) is 19.5 Å². The minimum atomic E-state index is -0.580. The molecule has 2 fully saturated rings. The normalized spacial score (nSPS) is 28.8. The summed E-state index contributed by atoms with van der Waals surface area (Å²) in [6.45, 7) is 2.30. The first-order valence-electron chi connectivity index (χ1n) is 8.72. The molecule has 1 aromatic carbocycles. The van der Waals surface area contributed by atoms with Gasteiger partial charge in [0.15, 0.2) is 5.75 Å². The van der Waals surface area contributed by atoms with Crippen molar-refractivity contribution in [1.29, 1.82) is 0 Å². The molecule has 3 atom stereocenters. The Hall–Kier alpha value is -2.18. The zero-order chi connectivity index (χ0) is 17.3. The molecule has 2 aliphatic rings. The molecule has 1 unspecified atom stereocenters. The lowest BCUT2D eigenvalue weighted by Crippen LogP contribution is -2.33. The van der Waals surface area contributed by atoms with Crippen molar-refractivity contribution in [2.45, 2.75) is 24.9 Å². The average Bonchev–Trinajstić information content (AvgIpc) is 3.09. The zero-order valence-corrected chi connectivity index (χ0v) is 14.1. The molecule has 6 heteroatoms. The summed E-state index contributed by atoms with van der Waals surface area (Å²) in [6, 6.07) is 10.5. The highest BCUT2D eigenvalue weighted by Gasteiger charge is 2.48. The van der Waals surface area contributed by atoms with Crippen LogP contribution in [0.5, 0.6) is 11.8 Å². The first-order chi connectivity index (χ1) is 12.1. The molecule has 0 amide bonds. The lowest BCUT2D eigenvalue weighted by Gasteiger charge is -2.26. The van der Waals surface area contributed by atoms with Crippen molar-refractivity contribution in [2.75, 3.05) is 19.8 Å². The maximum absolute atomic E-state index is 11.0. The average molecular weight is 341 g/mol. The quantitative estimate of drug-likeness (QED) is 0.864. The number of fused-ring (bicyclic) bond motifs is 1. The van der Waals surface area contributed by atoms with Crippen LogP contribution in [0.1, 0.15) is 18.4 Å². The molecule has 25 heavy (non-hydrogen) atoms. The van der Waals surface area contributed by atoms with E-state index in [4.69, 9.17) is 4.74 Å². The van der Waals surface area contributed by atoms with Gasteiger partial charge in [-0.1, -0.05) is 30.3 Å². The molecular weight excluding hydrogens is 318 g/mol. The van der Waals surface area contributed by atoms with Gasteiger partial charge < -0.3 is 14.9 Å². The number of nitrogens with zero attached hydrogens (tertiary/aromatic N) is 3. The summed E-state index contributed by atoms with van der Waals surface area (Å²) in [7, 11) is 0. The van der Waals surface area contributed by atoms with Crippen LogP contribution in [0.2, 0.25) is 0 Å². The lowest BCUT2D eigenvalue weighted by molar-refractivity contribution is 0.0307. The van der Waals surface area contributed by atoms with Crippen LogP contribution < -0.4 is 4.74 Å². The van der Waals surface area contributed by atoms with Crippen LogP contribution in [0.3, 0.4) is 0 Å². The van der Waals surface area contributed by atoms with Gasteiger partial charge in [0.1, 0.15) is 6.73 Å². The Morgan fingerprint density at radius 3 is 2.36 bits per heavy atom. The standard InChI is InChI=1S/C19H23N3O3/c23-17-9-20-18(21-10-17)25-13-22-11-15-7-19(24,8-16(15)12-22)6-14-4-2-1-3-5-14/h1-5,9-10,15-16,23-24H,6-8,11-13H2/t15-,16+,19?. The topological polar surface area (TPSA) is 78.7 Å². The predicted octanol–water partition coefficient (Wildman–Crippen LogP) is 1.83. The van der Waals surface area contributed by atoms with E-state index in [1.807, 2.05) is 18.2 Å². The lowest BCUT2D eigenvalue weighted by atomic mass is 9.91. The fraction of sp³-hybridized carbons (Fsp3) is 0.474. The number of hydrogen-bond acceptors (Lipinski definition) is 6. The molecule has 4 rings (SSSR count). The molecule has 0 spiro atoms. The van der Waals surface area contributed by atoms with Gasteiger partial charge in [0.2, 0.25) is 0 Å². The van der Waals surface area contributed by atoms with Crippen LogP contribution >= 0.6 is 0 Å². The molecule has 2 heterocycles.